The number of benzene rings is 1. The molecule has 0 radical (unpaired) electrons. The Bertz CT molecular complexity index is 1410. The predicted octanol–water partition coefficient (Wildman–Crippen LogP) is 0.812. The van der Waals surface area contributed by atoms with Gasteiger partial charge in [-0.05, 0) is 57.5 Å². The van der Waals surface area contributed by atoms with Gasteiger partial charge < -0.3 is 41.7 Å². The molecule has 3 aliphatic carbocycles. The van der Waals surface area contributed by atoms with Crippen molar-refractivity contribution in [1.82, 2.24) is 10.2 Å². The van der Waals surface area contributed by atoms with Gasteiger partial charge in [0.2, 0.25) is 11.7 Å². The van der Waals surface area contributed by atoms with E-state index < -0.39 is 69.7 Å². The Morgan fingerprint density at radius 1 is 1.12 bits per heavy atom. The molecule has 0 saturated heterocycles. The fourth-order valence-electron chi connectivity index (χ4n) is 6.36. The summed E-state index contributed by atoms with van der Waals surface area (Å²) in [6, 6.07) is 0.416. The van der Waals surface area contributed by atoms with Crippen molar-refractivity contribution in [2.75, 3.05) is 51.5 Å². The normalized spacial score (nSPS) is 24.4. The van der Waals surface area contributed by atoms with Gasteiger partial charge in [-0.1, -0.05) is 6.92 Å². The maximum Gasteiger partial charge on any atom is 0.255 e. The van der Waals surface area contributed by atoms with Crippen molar-refractivity contribution in [2.24, 2.45) is 17.6 Å². The van der Waals surface area contributed by atoms with E-state index in [0.717, 1.165) is 6.42 Å². The van der Waals surface area contributed by atoms with Crippen LogP contribution in [0.15, 0.2) is 23.0 Å². The molecule has 238 valence electrons. The van der Waals surface area contributed by atoms with Gasteiger partial charge in [0, 0.05) is 31.3 Å². The molecule has 8 N–H and O–H groups in total. The third-order valence-corrected chi connectivity index (χ3v) is 8.17. The van der Waals surface area contributed by atoms with E-state index in [1.54, 1.807) is 39.2 Å². The van der Waals surface area contributed by atoms with E-state index in [0.29, 0.717) is 17.8 Å². The standard InChI is InChI=1S/C28H37N5O8.2ClH/c1-6-7-30-11-17(34)31-15-10-16(32(2)3)13-8-12-9-14-21(33(4)5)24(37)20(27(29)40)26(39)28(14,41)25(38)18(12)23(36)19(13)22(15)35;;/h10,12,14,21,30,35-36,39,41H,6-9,11H2,1-5H3,(H2,29,40)(H,31,34);2*1H/t12?,14?,21-,28?;;/m0../s1. The van der Waals surface area contributed by atoms with E-state index in [9.17, 15) is 39.6 Å². The molecule has 4 rings (SSSR count). The van der Waals surface area contributed by atoms with E-state index in [-0.39, 0.29) is 61.0 Å². The lowest BCUT2D eigenvalue weighted by Gasteiger charge is -2.50. The number of aromatic hydroxyl groups is 1. The van der Waals surface area contributed by atoms with E-state index in [1.165, 1.54) is 4.90 Å². The number of anilines is 2. The number of Topliss-reactive ketones (excluding diaryl/α,β-unsaturated/α-hetero) is 2. The first-order chi connectivity index (χ1) is 19.2. The zero-order valence-electron chi connectivity index (χ0n) is 24.6. The maximum absolute atomic E-state index is 14.0. The molecule has 0 aromatic heterocycles. The second-order valence-corrected chi connectivity index (χ2v) is 11.2. The van der Waals surface area contributed by atoms with Crippen LogP contribution in [0.3, 0.4) is 0 Å². The molecular formula is C28H39Cl2N5O8. The molecule has 1 aromatic rings. The van der Waals surface area contributed by atoms with Gasteiger partial charge in [0.05, 0.1) is 23.8 Å². The van der Waals surface area contributed by atoms with Crippen LogP contribution in [0.5, 0.6) is 5.75 Å². The van der Waals surface area contributed by atoms with Gasteiger partial charge in [0.15, 0.2) is 11.4 Å². The summed E-state index contributed by atoms with van der Waals surface area (Å²) < 4.78 is 0. The SMILES string of the molecule is CCCNCC(=O)Nc1cc(N(C)C)c2c(c1O)C(O)=C1C(=O)C3(O)C(O)=C(C(N)=O)C(=O)[C@@H](N(C)C)C3CC1C2.Cl.Cl. The molecular weight excluding hydrogens is 605 g/mol. The van der Waals surface area contributed by atoms with Crippen molar-refractivity contribution in [3.05, 3.63) is 34.1 Å². The number of halogens is 2. The number of phenols is 1. The lowest BCUT2D eigenvalue weighted by Crippen LogP contribution is -2.65. The minimum atomic E-state index is -2.72. The van der Waals surface area contributed by atoms with Crippen molar-refractivity contribution >= 4 is 65.3 Å². The van der Waals surface area contributed by atoms with E-state index >= 15 is 0 Å². The van der Waals surface area contributed by atoms with Crippen LogP contribution in [0.2, 0.25) is 0 Å². The van der Waals surface area contributed by atoms with Crippen LogP contribution in [0.25, 0.3) is 5.76 Å². The molecule has 43 heavy (non-hydrogen) atoms. The molecule has 1 saturated carbocycles. The first-order valence-electron chi connectivity index (χ1n) is 13.4. The smallest absolute Gasteiger partial charge is 0.255 e. The minimum absolute atomic E-state index is 0. The van der Waals surface area contributed by atoms with Gasteiger partial charge in [-0.3, -0.25) is 24.1 Å². The summed E-state index contributed by atoms with van der Waals surface area (Å²) in [4.78, 5) is 55.1. The van der Waals surface area contributed by atoms with Crippen LogP contribution < -0.4 is 21.3 Å². The molecule has 1 fully saturated rings. The largest absolute Gasteiger partial charge is 0.508 e. The van der Waals surface area contributed by atoms with Gasteiger partial charge in [0.1, 0.15) is 22.8 Å². The van der Waals surface area contributed by atoms with Crippen LogP contribution in [-0.2, 0) is 25.6 Å². The number of phenolic OH excluding ortho intramolecular Hbond substituents is 1. The molecule has 1 aromatic carbocycles. The van der Waals surface area contributed by atoms with Crippen LogP contribution in [0, 0.1) is 11.8 Å². The lowest BCUT2D eigenvalue weighted by molar-refractivity contribution is -0.153. The van der Waals surface area contributed by atoms with Gasteiger partial charge >= 0.3 is 0 Å². The highest BCUT2D eigenvalue weighted by molar-refractivity contribution is 6.24. The fraction of sp³-hybridized carbons (Fsp3) is 0.500. The van der Waals surface area contributed by atoms with E-state index in [4.69, 9.17) is 5.73 Å². The third-order valence-electron chi connectivity index (χ3n) is 8.17. The number of nitrogens with two attached hydrogens (primary N) is 1. The number of aliphatic hydroxyl groups is 3. The topological polar surface area (TPSA) is 206 Å². The van der Waals surface area contributed by atoms with Crippen molar-refractivity contribution in [1.29, 1.82) is 0 Å². The minimum Gasteiger partial charge on any atom is -0.508 e. The zero-order chi connectivity index (χ0) is 30.5. The quantitative estimate of drug-likeness (QED) is 0.120. The Balaban J connectivity index is 0.00000323. The molecule has 0 bridgehead atoms. The number of ketones is 2. The molecule has 0 heterocycles. The number of hydrogen-bond donors (Lipinski definition) is 7. The molecule has 15 heteroatoms. The van der Waals surface area contributed by atoms with Gasteiger partial charge in [-0.2, -0.15) is 0 Å². The Morgan fingerprint density at radius 2 is 1.74 bits per heavy atom. The molecule has 2 amide bonds. The highest BCUT2D eigenvalue weighted by Gasteiger charge is 2.64. The fourth-order valence-corrected chi connectivity index (χ4v) is 6.36. The molecule has 0 spiro atoms. The Morgan fingerprint density at radius 3 is 2.28 bits per heavy atom. The Hall–Kier alpha value is -3.36. The first-order valence-corrected chi connectivity index (χ1v) is 13.4. The van der Waals surface area contributed by atoms with Crippen molar-refractivity contribution in [3.63, 3.8) is 0 Å². The van der Waals surface area contributed by atoms with Crippen molar-refractivity contribution in [3.8, 4) is 5.75 Å². The number of rotatable bonds is 8. The number of hydrogen-bond acceptors (Lipinski definition) is 11. The third kappa shape index (κ3) is 5.67. The number of amides is 2. The Kier molecular flexibility index (Phi) is 10.9. The number of nitrogens with zero attached hydrogens (tertiary/aromatic N) is 2. The summed E-state index contributed by atoms with van der Waals surface area (Å²) >= 11 is 0. The van der Waals surface area contributed by atoms with E-state index in [2.05, 4.69) is 10.6 Å². The van der Waals surface area contributed by atoms with Crippen LogP contribution in [0.1, 0.15) is 30.9 Å². The van der Waals surface area contributed by atoms with Gasteiger partial charge in [-0.15, -0.1) is 24.8 Å². The van der Waals surface area contributed by atoms with E-state index in [1.807, 2.05) is 6.92 Å². The molecule has 3 aliphatic rings. The Labute approximate surface area is 261 Å². The molecule has 4 atom stereocenters. The summed E-state index contributed by atoms with van der Waals surface area (Å²) in [7, 11) is 6.59. The first kappa shape index (κ1) is 35.8. The highest BCUT2D eigenvalue weighted by atomic mass is 35.5. The molecule has 0 aliphatic heterocycles. The van der Waals surface area contributed by atoms with Crippen molar-refractivity contribution < 1.29 is 39.6 Å². The summed E-state index contributed by atoms with van der Waals surface area (Å²) in [6.45, 7) is 2.56. The van der Waals surface area contributed by atoms with Gasteiger partial charge in [-0.25, -0.2) is 0 Å². The highest BCUT2D eigenvalue weighted by Crippen LogP contribution is 2.54. The second kappa shape index (κ2) is 13.1. The average molecular weight is 645 g/mol. The summed E-state index contributed by atoms with van der Waals surface area (Å²) in [6.07, 6.45) is 0.948. The number of carbonyl (C=O) groups excluding carboxylic acids is 4. The number of primary amides is 1. The number of nitrogens with one attached hydrogen (secondary N) is 2. The average Bonchev–Trinajstić information content (AvgIpc) is 2.87. The molecule has 3 unspecified atom stereocenters. The summed E-state index contributed by atoms with van der Waals surface area (Å²) in [5, 5.41) is 51.1. The van der Waals surface area contributed by atoms with Crippen LogP contribution >= 0.6 is 24.8 Å². The second-order valence-electron chi connectivity index (χ2n) is 11.2. The van der Waals surface area contributed by atoms with Crippen molar-refractivity contribution in [2.45, 2.75) is 37.8 Å². The molecule has 13 nitrogen and oxygen atoms in total. The van der Waals surface area contributed by atoms with Crippen LogP contribution in [0.4, 0.5) is 11.4 Å². The number of likely N-dealkylation sites (N-methyl/N-ethyl adjacent to an activating group) is 1. The predicted molar refractivity (Wildman–Crippen MR) is 165 cm³/mol. The van der Waals surface area contributed by atoms with Crippen LogP contribution in [-0.4, -0.2) is 102 Å². The maximum atomic E-state index is 14.0. The number of aliphatic hydroxyl groups excluding tert-OH is 2. The number of fused-ring (bicyclic) bond motifs is 3. The number of carbonyl (C=O) groups is 4. The summed E-state index contributed by atoms with van der Waals surface area (Å²) in [5.74, 6) is -7.73. The summed E-state index contributed by atoms with van der Waals surface area (Å²) in [5.41, 5.74) is 2.50. The van der Waals surface area contributed by atoms with Gasteiger partial charge in [0.25, 0.3) is 5.91 Å². The lowest BCUT2D eigenvalue weighted by atomic mass is 9.57. The zero-order valence-corrected chi connectivity index (χ0v) is 26.2. The monoisotopic (exact) mass is 643 g/mol.